The Bertz CT molecular complexity index is 433. The van der Waals surface area contributed by atoms with Crippen LogP contribution in [0.2, 0.25) is 0 Å². The molecule has 0 heterocycles. The van der Waals surface area contributed by atoms with Gasteiger partial charge in [0.05, 0.1) is 5.41 Å². The lowest BCUT2D eigenvalue weighted by atomic mass is 9.92. The van der Waals surface area contributed by atoms with Crippen LogP contribution in [-0.4, -0.2) is 25.6 Å². The van der Waals surface area contributed by atoms with Crippen molar-refractivity contribution >= 4 is 5.91 Å². The molecule has 1 aromatic carbocycles. The van der Waals surface area contributed by atoms with E-state index in [-0.39, 0.29) is 18.2 Å². The Kier molecular flexibility index (Phi) is 5.88. The lowest BCUT2D eigenvalue weighted by Gasteiger charge is -2.21. The van der Waals surface area contributed by atoms with E-state index in [1.165, 1.54) is 12.1 Å². The third-order valence-corrected chi connectivity index (χ3v) is 2.97. The summed E-state index contributed by atoms with van der Waals surface area (Å²) in [5, 5.41) is 2.80. The monoisotopic (exact) mass is 286 g/mol. The van der Waals surface area contributed by atoms with Crippen LogP contribution in [0.4, 0.5) is 8.78 Å². The molecule has 0 aliphatic carbocycles. The molecule has 1 amide bonds. The summed E-state index contributed by atoms with van der Waals surface area (Å²) >= 11 is 0. The molecule has 3 N–H and O–H groups in total. The first-order valence-electron chi connectivity index (χ1n) is 6.37. The molecule has 0 aliphatic rings. The van der Waals surface area contributed by atoms with Gasteiger partial charge in [0.25, 0.3) is 0 Å². The summed E-state index contributed by atoms with van der Waals surface area (Å²) in [7, 11) is 0. The van der Waals surface area contributed by atoms with E-state index in [9.17, 15) is 13.6 Å². The summed E-state index contributed by atoms with van der Waals surface area (Å²) in [6.07, 6.45) is 0.612. The molecule has 6 heteroatoms. The second-order valence-corrected chi connectivity index (χ2v) is 5.12. The largest absolute Gasteiger partial charge is 0.435 e. The molecule has 0 atom stereocenters. The van der Waals surface area contributed by atoms with Gasteiger partial charge < -0.3 is 15.8 Å². The van der Waals surface area contributed by atoms with Crippen LogP contribution in [-0.2, 0) is 11.2 Å². The van der Waals surface area contributed by atoms with Crippen molar-refractivity contribution in [1.82, 2.24) is 5.32 Å². The van der Waals surface area contributed by atoms with Crippen LogP contribution in [0.3, 0.4) is 0 Å². The number of benzene rings is 1. The normalized spacial score (nSPS) is 11.5. The van der Waals surface area contributed by atoms with Gasteiger partial charge in [-0.3, -0.25) is 4.79 Å². The highest BCUT2D eigenvalue weighted by molar-refractivity contribution is 5.82. The highest BCUT2D eigenvalue weighted by Crippen LogP contribution is 2.15. The van der Waals surface area contributed by atoms with Crippen molar-refractivity contribution in [1.29, 1.82) is 0 Å². The van der Waals surface area contributed by atoms with Crippen molar-refractivity contribution in [2.45, 2.75) is 26.9 Å². The quantitative estimate of drug-likeness (QED) is 0.805. The number of nitrogens with two attached hydrogens (primary N) is 1. The van der Waals surface area contributed by atoms with Crippen LogP contribution in [0.25, 0.3) is 0 Å². The second-order valence-electron chi connectivity index (χ2n) is 5.12. The Hall–Kier alpha value is -1.69. The molecule has 0 spiro atoms. The topological polar surface area (TPSA) is 64.4 Å². The van der Waals surface area contributed by atoms with E-state index in [1.54, 1.807) is 26.0 Å². The molecule has 112 valence electrons. The lowest BCUT2D eigenvalue weighted by molar-refractivity contribution is -0.128. The number of carbonyl (C=O) groups is 1. The summed E-state index contributed by atoms with van der Waals surface area (Å²) in [6.45, 7) is 1.48. The molecular weight excluding hydrogens is 266 g/mol. The molecule has 0 bridgehead atoms. The molecular formula is C14H20F2N2O2. The van der Waals surface area contributed by atoms with Crippen molar-refractivity contribution in [2.24, 2.45) is 11.1 Å². The Labute approximate surface area is 117 Å². The van der Waals surface area contributed by atoms with Gasteiger partial charge in [-0.2, -0.15) is 8.78 Å². The minimum absolute atomic E-state index is 0.0994. The average molecular weight is 286 g/mol. The molecule has 0 unspecified atom stereocenters. The zero-order chi connectivity index (χ0) is 15.2. The zero-order valence-corrected chi connectivity index (χ0v) is 11.7. The molecule has 0 saturated heterocycles. The minimum Gasteiger partial charge on any atom is -0.435 e. The van der Waals surface area contributed by atoms with Crippen LogP contribution in [0, 0.1) is 5.41 Å². The number of hydrogen-bond acceptors (Lipinski definition) is 3. The Morgan fingerprint density at radius 2 is 1.95 bits per heavy atom. The molecule has 4 nitrogen and oxygen atoms in total. The van der Waals surface area contributed by atoms with E-state index in [0.717, 1.165) is 5.56 Å². The predicted molar refractivity (Wildman–Crippen MR) is 72.6 cm³/mol. The number of ether oxygens (including phenoxy) is 1. The van der Waals surface area contributed by atoms with Crippen LogP contribution in [0.5, 0.6) is 5.75 Å². The van der Waals surface area contributed by atoms with Crippen LogP contribution in [0.1, 0.15) is 19.4 Å². The van der Waals surface area contributed by atoms with Gasteiger partial charge in [-0.15, -0.1) is 0 Å². The van der Waals surface area contributed by atoms with E-state index in [1.807, 2.05) is 0 Å². The third kappa shape index (κ3) is 5.13. The van der Waals surface area contributed by atoms with Gasteiger partial charge in [-0.05, 0) is 38.0 Å². The van der Waals surface area contributed by atoms with Crippen molar-refractivity contribution in [3.8, 4) is 5.75 Å². The average Bonchev–Trinajstić information content (AvgIpc) is 2.40. The maximum Gasteiger partial charge on any atom is 0.387 e. The number of rotatable bonds is 7. The highest BCUT2D eigenvalue weighted by atomic mass is 19.3. The summed E-state index contributed by atoms with van der Waals surface area (Å²) < 4.78 is 28.2. The molecule has 0 saturated carbocycles. The van der Waals surface area contributed by atoms with Gasteiger partial charge in [0.2, 0.25) is 5.91 Å². The summed E-state index contributed by atoms with van der Waals surface area (Å²) in [5.41, 5.74) is 5.85. The van der Waals surface area contributed by atoms with Crippen LogP contribution >= 0.6 is 0 Å². The fourth-order valence-electron chi connectivity index (χ4n) is 1.49. The van der Waals surface area contributed by atoms with Gasteiger partial charge >= 0.3 is 6.61 Å². The van der Waals surface area contributed by atoms with Crippen LogP contribution in [0.15, 0.2) is 24.3 Å². The SMILES string of the molecule is CC(C)(CN)C(=O)NCCc1ccc(OC(F)F)cc1. The molecule has 20 heavy (non-hydrogen) atoms. The van der Waals surface area contributed by atoms with Crippen molar-refractivity contribution in [3.05, 3.63) is 29.8 Å². The van der Waals surface area contributed by atoms with Gasteiger partial charge in [0.15, 0.2) is 0 Å². The zero-order valence-electron chi connectivity index (χ0n) is 11.7. The maximum atomic E-state index is 12.0. The van der Waals surface area contributed by atoms with E-state index < -0.39 is 12.0 Å². The van der Waals surface area contributed by atoms with Crippen molar-refractivity contribution in [2.75, 3.05) is 13.1 Å². The number of alkyl halides is 2. The lowest BCUT2D eigenvalue weighted by Crippen LogP contribution is -2.42. The van der Waals surface area contributed by atoms with Gasteiger partial charge in [0.1, 0.15) is 5.75 Å². The number of carbonyl (C=O) groups excluding carboxylic acids is 1. The number of nitrogens with one attached hydrogen (secondary N) is 1. The Morgan fingerprint density at radius 1 is 1.35 bits per heavy atom. The predicted octanol–water partition coefficient (Wildman–Crippen LogP) is 1.93. The second kappa shape index (κ2) is 7.19. The standard InChI is InChI=1S/C14H20F2N2O2/c1-14(2,9-17)12(19)18-8-7-10-3-5-11(6-4-10)20-13(15)16/h3-6,13H,7-9,17H2,1-2H3,(H,18,19). The number of hydrogen-bond donors (Lipinski definition) is 2. The molecule has 0 radical (unpaired) electrons. The van der Waals surface area contributed by atoms with E-state index >= 15 is 0 Å². The molecule has 0 fully saturated rings. The third-order valence-electron chi connectivity index (χ3n) is 2.97. The Morgan fingerprint density at radius 3 is 2.45 bits per heavy atom. The fourth-order valence-corrected chi connectivity index (χ4v) is 1.49. The van der Waals surface area contributed by atoms with E-state index in [4.69, 9.17) is 5.73 Å². The number of amides is 1. The molecule has 0 aliphatic heterocycles. The first kappa shape index (κ1) is 16.4. The van der Waals surface area contributed by atoms with E-state index in [0.29, 0.717) is 13.0 Å². The Balaban J connectivity index is 2.41. The van der Waals surface area contributed by atoms with Gasteiger partial charge in [-0.1, -0.05) is 12.1 Å². The highest BCUT2D eigenvalue weighted by Gasteiger charge is 2.24. The van der Waals surface area contributed by atoms with Gasteiger partial charge in [-0.25, -0.2) is 0 Å². The molecule has 1 rings (SSSR count). The summed E-state index contributed by atoms with van der Waals surface area (Å²) in [6, 6.07) is 6.34. The van der Waals surface area contributed by atoms with Gasteiger partial charge in [0, 0.05) is 13.1 Å². The first-order chi connectivity index (χ1) is 9.35. The maximum absolute atomic E-state index is 12.0. The van der Waals surface area contributed by atoms with Crippen LogP contribution < -0.4 is 15.8 Å². The van der Waals surface area contributed by atoms with E-state index in [2.05, 4.69) is 10.1 Å². The smallest absolute Gasteiger partial charge is 0.387 e. The molecule has 0 aromatic heterocycles. The summed E-state index contributed by atoms with van der Waals surface area (Å²) in [4.78, 5) is 11.8. The fraction of sp³-hybridized carbons (Fsp3) is 0.500. The van der Waals surface area contributed by atoms with Crippen molar-refractivity contribution < 1.29 is 18.3 Å². The van der Waals surface area contributed by atoms with Crippen molar-refractivity contribution in [3.63, 3.8) is 0 Å². The first-order valence-corrected chi connectivity index (χ1v) is 6.37. The number of halogens is 2. The molecule has 1 aromatic rings. The minimum atomic E-state index is -2.82. The summed E-state index contributed by atoms with van der Waals surface area (Å²) in [5.74, 6) is 0.0229.